The summed E-state index contributed by atoms with van der Waals surface area (Å²) < 4.78 is 38.6. The summed E-state index contributed by atoms with van der Waals surface area (Å²) in [6.45, 7) is 0. The average molecular weight is 281 g/mol. The Balaban J connectivity index is 0.00000162. The van der Waals surface area contributed by atoms with Crippen LogP contribution in [0.15, 0.2) is 24.5 Å². The molecule has 18 heavy (non-hydrogen) atoms. The number of alkyl halides is 3. The van der Waals surface area contributed by atoms with Crippen LogP contribution in [-0.4, -0.2) is 20.5 Å². The number of imidazole rings is 1. The molecular formula is C10H8ClF3N2O2. The number of hydrogen-bond donors (Lipinski definition) is 1. The first-order chi connectivity index (χ1) is 7.86. The van der Waals surface area contributed by atoms with Crippen molar-refractivity contribution in [1.82, 2.24) is 9.38 Å². The summed E-state index contributed by atoms with van der Waals surface area (Å²) in [7, 11) is 0. The molecule has 2 heterocycles. The van der Waals surface area contributed by atoms with E-state index in [0.717, 1.165) is 12.1 Å². The maximum atomic E-state index is 12.4. The molecule has 0 bridgehead atoms. The maximum Gasteiger partial charge on any atom is 0.416 e. The molecular weight excluding hydrogens is 273 g/mol. The van der Waals surface area contributed by atoms with Crippen molar-refractivity contribution in [2.75, 3.05) is 0 Å². The fourth-order valence-electron chi connectivity index (χ4n) is 1.45. The lowest BCUT2D eigenvalue weighted by molar-refractivity contribution is -0.138. The molecule has 0 aliphatic rings. The number of carbonyl (C=O) groups is 1. The first kappa shape index (κ1) is 14.3. The molecule has 0 amide bonds. The number of fused-ring (bicyclic) bond motifs is 1. The molecule has 0 atom stereocenters. The molecule has 0 aliphatic heterocycles. The Kier molecular flexibility index (Phi) is 3.85. The van der Waals surface area contributed by atoms with E-state index in [4.69, 9.17) is 5.11 Å². The van der Waals surface area contributed by atoms with Crippen LogP contribution in [0.1, 0.15) is 11.3 Å². The molecule has 0 saturated heterocycles. The third-order valence-electron chi connectivity index (χ3n) is 2.17. The Bertz CT molecular complexity index is 580. The van der Waals surface area contributed by atoms with Crippen LogP contribution in [0.5, 0.6) is 0 Å². The number of carboxylic acids is 1. The number of halogens is 4. The molecule has 8 heteroatoms. The van der Waals surface area contributed by atoms with Crippen molar-refractivity contribution in [2.24, 2.45) is 0 Å². The van der Waals surface area contributed by atoms with E-state index in [0.29, 0.717) is 0 Å². The molecule has 2 aromatic heterocycles. The Morgan fingerprint density at radius 2 is 2.11 bits per heavy atom. The SMILES string of the molecule is Cl.O=C(O)Cc1cn2ccc(C(F)(F)F)cc2n1. The van der Waals surface area contributed by atoms with E-state index in [1.807, 2.05) is 0 Å². The number of pyridine rings is 1. The van der Waals surface area contributed by atoms with E-state index in [1.54, 1.807) is 0 Å². The minimum atomic E-state index is -4.43. The van der Waals surface area contributed by atoms with Crippen LogP contribution in [0.2, 0.25) is 0 Å². The molecule has 4 nitrogen and oxygen atoms in total. The number of aromatic nitrogens is 2. The second-order valence-corrected chi connectivity index (χ2v) is 3.48. The van der Waals surface area contributed by atoms with Gasteiger partial charge in [0.05, 0.1) is 17.7 Å². The topological polar surface area (TPSA) is 54.6 Å². The highest BCUT2D eigenvalue weighted by Crippen LogP contribution is 2.29. The number of carboxylic acid groups (broad SMARTS) is 1. The number of aliphatic carboxylic acids is 1. The zero-order valence-corrected chi connectivity index (χ0v) is 9.63. The van der Waals surface area contributed by atoms with E-state index in [9.17, 15) is 18.0 Å². The smallest absolute Gasteiger partial charge is 0.416 e. The van der Waals surface area contributed by atoms with Crippen molar-refractivity contribution in [3.63, 3.8) is 0 Å². The molecule has 2 rings (SSSR count). The highest BCUT2D eigenvalue weighted by atomic mass is 35.5. The van der Waals surface area contributed by atoms with Gasteiger partial charge in [0.25, 0.3) is 0 Å². The predicted octanol–water partition coefficient (Wildman–Crippen LogP) is 2.40. The quantitative estimate of drug-likeness (QED) is 0.919. The molecule has 2 aromatic rings. The third kappa shape index (κ3) is 2.92. The van der Waals surface area contributed by atoms with E-state index in [-0.39, 0.29) is 30.2 Å². The van der Waals surface area contributed by atoms with Crippen molar-refractivity contribution >= 4 is 24.0 Å². The molecule has 98 valence electrons. The fourth-order valence-corrected chi connectivity index (χ4v) is 1.45. The van der Waals surface area contributed by atoms with Crippen LogP contribution < -0.4 is 0 Å². The summed E-state index contributed by atoms with van der Waals surface area (Å²) in [5.74, 6) is -1.08. The normalized spacial score (nSPS) is 11.3. The summed E-state index contributed by atoms with van der Waals surface area (Å²) >= 11 is 0. The van der Waals surface area contributed by atoms with E-state index in [2.05, 4.69) is 4.98 Å². The maximum absolute atomic E-state index is 12.4. The van der Waals surface area contributed by atoms with Gasteiger partial charge in [0.2, 0.25) is 0 Å². The minimum absolute atomic E-state index is 0. The molecule has 0 radical (unpaired) electrons. The Labute approximate surface area is 105 Å². The highest BCUT2D eigenvalue weighted by Gasteiger charge is 2.30. The van der Waals surface area contributed by atoms with Gasteiger partial charge in [0.15, 0.2) is 0 Å². The van der Waals surface area contributed by atoms with Crippen LogP contribution in [0.4, 0.5) is 13.2 Å². The second-order valence-electron chi connectivity index (χ2n) is 3.48. The predicted molar refractivity (Wildman–Crippen MR) is 58.8 cm³/mol. The molecule has 0 spiro atoms. The monoisotopic (exact) mass is 280 g/mol. The summed E-state index contributed by atoms with van der Waals surface area (Å²) in [6, 6.07) is 1.80. The van der Waals surface area contributed by atoms with Gasteiger partial charge >= 0.3 is 12.1 Å². The van der Waals surface area contributed by atoms with Gasteiger partial charge in [-0.15, -0.1) is 12.4 Å². The standard InChI is InChI=1S/C10H7F3N2O2.ClH/c11-10(12,13)6-1-2-15-5-7(4-9(16)17)14-8(15)3-6;/h1-3,5H,4H2,(H,16,17);1H. The van der Waals surface area contributed by atoms with Crippen LogP contribution in [-0.2, 0) is 17.4 Å². The van der Waals surface area contributed by atoms with Crippen molar-refractivity contribution in [3.05, 3.63) is 35.8 Å². The van der Waals surface area contributed by atoms with Crippen LogP contribution >= 0.6 is 12.4 Å². The minimum Gasteiger partial charge on any atom is -0.481 e. The van der Waals surface area contributed by atoms with Crippen molar-refractivity contribution in [3.8, 4) is 0 Å². The van der Waals surface area contributed by atoms with Gasteiger partial charge in [-0.3, -0.25) is 4.79 Å². The van der Waals surface area contributed by atoms with Gasteiger partial charge in [-0.1, -0.05) is 0 Å². The van der Waals surface area contributed by atoms with E-state index < -0.39 is 17.7 Å². The van der Waals surface area contributed by atoms with Crippen LogP contribution in [0.25, 0.3) is 5.65 Å². The number of nitrogens with zero attached hydrogens (tertiary/aromatic N) is 2. The summed E-state index contributed by atoms with van der Waals surface area (Å²) in [5, 5.41) is 8.55. The molecule has 0 fully saturated rings. The molecule has 0 saturated carbocycles. The van der Waals surface area contributed by atoms with Gasteiger partial charge in [-0.25, -0.2) is 4.98 Å². The third-order valence-corrected chi connectivity index (χ3v) is 2.17. The fraction of sp³-hybridized carbons (Fsp3) is 0.200. The van der Waals surface area contributed by atoms with Crippen molar-refractivity contribution in [1.29, 1.82) is 0 Å². The Morgan fingerprint density at radius 1 is 1.44 bits per heavy atom. The summed E-state index contributed by atoms with van der Waals surface area (Å²) in [4.78, 5) is 14.3. The molecule has 0 aromatic carbocycles. The van der Waals surface area contributed by atoms with Gasteiger partial charge in [-0.2, -0.15) is 13.2 Å². The first-order valence-electron chi connectivity index (χ1n) is 4.63. The molecule has 0 aliphatic carbocycles. The van der Waals surface area contributed by atoms with E-state index >= 15 is 0 Å². The Hall–Kier alpha value is -1.76. The van der Waals surface area contributed by atoms with Gasteiger partial charge in [-0.05, 0) is 12.1 Å². The Morgan fingerprint density at radius 3 is 2.67 bits per heavy atom. The van der Waals surface area contributed by atoms with Crippen molar-refractivity contribution < 1.29 is 23.1 Å². The lowest BCUT2D eigenvalue weighted by Gasteiger charge is -2.05. The average Bonchev–Trinajstić information content (AvgIpc) is 2.55. The zero-order chi connectivity index (χ0) is 12.6. The highest BCUT2D eigenvalue weighted by molar-refractivity contribution is 5.85. The number of hydrogen-bond acceptors (Lipinski definition) is 2. The van der Waals surface area contributed by atoms with Gasteiger partial charge in [0, 0.05) is 12.4 Å². The number of rotatable bonds is 2. The molecule has 1 N–H and O–H groups in total. The summed E-state index contributed by atoms with van der Waals surface area (Å²) in [5.41, 5.74) is -0.509. The largest absolute Gasteiger partial charge is 0.481 e. The lowest BCUT2D eigenvalue weighted by Crippen LogP contribution is -2.05. The van der Waals surface area contributed by atoms with Crippen molar-refractivity contribution in [2.45, 2.75) is 12.6 Å². The van der Waals surface area contributed by atoms with E-state index in [1.165, 1.54) is 16.8 Å². The van der Waals surface area contributed by atoms with Crippen LogP contribution in [0.3, 0.4) is 0 Å². The van der Waals surface area contributed by atoms with Gasteiger partial charge in [0.1, 0.15) is 5.65 Å². The lowest BCUT2D eigenvalue weighted by atomic mass is 10.2. The van der Waals surface area contributed by atoms with Gasteiger partial charge < -0.3 is 9.51 Å². The second kappa shape index (κ2) is 4.85. The molecule has 0 unspecified atom stereocenters. The zero-order valence-electron chi connectivity index (χ0n) is 8.81. The van der Waals surface area contributed by atoms with Crippen LogP contribution in [0, 0.1) is 0 Å². The summed E-state index contributed by atoms with van der Waals surface area (Å²) in [6.07, 6.45) is -2.15. The first-order valence-corrected chi connectivity index (χ1v) is 4.63.